The van der Waals surface area contributed by atoms with E-state index in [0.29, 0.717) is 5.96 Å². The first-order chi connectivity index (χ1) is 13.6. The number of thioether (sulfide) groups is 1. The van der Waals surface area contributed by atoms with Gasteiger partial charge >= 0.3 is 0 Å². The molecule has 0 spiro atoms. The molecule has 3 rings (SSSR count). The molecule has 2 N–H and O–H groups in total. The molecule has 1 aliphatic rings. The highest BCUT2D eigenvalue weighted by Gasteiger charge is 2.20. The van der Waals surface area contributed by atoms with Gasteiger partial charge in [-0.15, -0.1) is 11.8 Å². The van der Waals surface area contributed by atoms with Crippen LogP contribution in [0.2, 0.25) is 0 Å². The minimum absolute atomic E-state index is 0.0260. The lowest BCUT2D eigenvalue weighted by Crippen LogP contribution is -2.48. The number of hydrogen-bond acceptors (Lipinski definition) is 5. The molecule has 28 heavy (non-hydrogen) atoms. The van der Waals surface area contributed by atoms with Gasteiger partial charge < -0.3 is 15.5 Å². The number of hydrogen-bond donors (Lipinski definition) is 2. The fraction of sp³-hybridized carbons (Fsp3) is 0.474. The monoisotopic (exact) mass is 401 g/mol. The highest BCUT2D eigenvalue weighted by Crippen LogP contribution is 2.15. The Morgan fingerprint density at radius 1 is 1.36 bits per heavy atom. The van der Waals surface area contributed by atoms with Gasteiger partial charge in [-0.05, 0) is 18.6 Å². The Kier molecular flexibility index (Phi) is 7.30. The van der Waals surface area contributed by atoms with Crippen LogP contribution in [-0.2, 0) is 17.8 Å². The van der Waals surface area contributed by atoms with Crippen LogP contribution in [0.25, 0.3) is 0 Å². The number of nitrogens with one attached hydrogen (secondary N) is 2. The summed E-state index contributed by atoms with van der Waals surface area (Å²) in [7, 11) is 3.48. The van der Waals surface area contributed by atoms with Crippen LogP contribution in [0.4, 0.5) is 0 Å². The van der Waals surface area contributed by atoms with Gasteiger partial charge in [-0.1, -0.05) is 18.2 Å². The number of benzene rings is 1. The normalized spacial score (nSPS) is 16.4. The minimum atomic E-state index is -0.0260. The second kappa shape index (κ2) is 10.1. The first-order valence-corrected chi connectivity index (χ1v) is 10.4. The van der Waals surface area contributed by atoms with Crippen molar-refractivity contribution in [2.75, 3.05) is 32.9 Å². The second-order valence-electron chi connectivity index (χ2n) is 6.78. The van der Waals surface area contributed by atoms with Gasteiger partial charge in [0.25, 0.3) is 0 Å². The van der Waals surface area contributed by atoms with Gasteiger partial charge in [0.2, 0.25) is 5.91 Å². The molecule has 1 unspecified atom stereocenters. The van der Waals surface area contributed by atoms with E-state index >= 15 is 0 Å². The molecular weight excluding hydrogens is 374 g/mol. The Morgan fingerprint density at radius 2 is 2.18 bits per heavy atom. The molecule has 1 aromatic heterocycles. The van der Waals surface area contributed by atoms with E-state index in [4.69, 9.17) is 0 Å². The first-order valence-electron chi connectivity index (χ1n) is 9.41. The number of nitrogens with zero attached hydrogens (tertiary/aromatic N) is 5. The number of rotatable bonds is 7. The molecule has 1 atom stereocenters. The lowest BCUT2D eigenvalue weighted by Gasteiger charge is -2.25. The number of carbonyl (C=O) groups excluding carboxylic acids is 1. The molecule has 0 fully saturated rings. The minimum Gasteiger partial charge on any atom is -0.356 e. The van der Waals surface area contributed by atoms with Gasteiger partial charge in [-0.2, -0.15) is 5.10 Å². The summed E-state index contributed by atoms with van der Waals surface area (Å²) in [5.74, 6) is 2.57. The quantitative estimate of drug-likeness (QED) is 0.312. The number of carbonyl (C=O) groups is 1. The average molecular weight is 402 g/mol. The van der Waals surface area contributed by atoms with E-state index in [9.17, 15) is 4.79 Å². The van der Waals surface area contributed by atoms with E-state index in [0.717, 1.165) is 37.5 Å². The van der Waals surface area contributed by atoms with Crippen LogP contribution in [0.3, 0.4) is 0 Å². The van der Waals surface area contributed by atoms with E-state index in [1.165, 1.54) is 4.90 Å². The molecule has 0 aliphatic carbocycles. The Bertz CT molecular complexity index is 791. The number of likely N-dealkylation sites (N-methyl/N-ethyl adjacent to an activating group) is 1. The summed E-state index contributed by atoms with van der Waals surface area (Å²) in [6.07, 6.45) is 3.44. The molecule has 0 saturated carbocycles. The fourth-order valence-corrected chi connectivity index (χ4v) is 3.63. The maximum Gasteiger partial charge on any atom is 0.243 e. The van der Waals surface area contributed by atoms with Crippen molar-refractivity contribution in [1.82, 2.24) is 30.3 Å². The molecule has 9 heteroatoms. The van der Waals surface area contributed by atoms with Crippen molar-refractivity contribution in [2.45, 2.75) is 30.3 Å². The molecule has 0 radical (unpaired) electrons. The van der Waals surface area contributed by atoms with E-state index < -0.39 is 0 Å². The van der Waals surface area contributed by atoms with E-state index in [2.05, 4.69) is 37.8 Å². The molecule has 0 saturated heterocycles. The first kappa shape index (κ1) is 20.2. The van der Waals surface area contributed by atoms with Crippen LogP contribution in [0.15, 0.2) is 46.5 Å². The van der Waals surface area contributed by atoms with Crippen molar-refractivity contribution in [3.8, 4) is 0 Å². The van der Waals surface area contributed by atoms with E-state index in [1.807, 2.05) is 22.9 Å². The molecule has 1 aliphatic heterocycles. The third-order valence-electron chi connectivity index (χ3n) is 4.42. The van der Waals surface area contributed by atoms with Crippen molar-refractivity contribution in [2.24, 2.45) is 4.99 Å². The predicted molar refractivity (Wildman–Crippen MR) is 111 cm³/mol. The van der Waals surface area contributed by atoms with Gasteiger partial charge in [0.15, 0.2) is 5.96 Å². The number of aryl methyl sites for hydroxylation is 1. The molecule has 1 aromatic carbocycles. The van der Waals surface area contributed by atoms with Crippen LogP contribution in [-0.4, -0.2) is 70.5 Å². The summed E-state index contributed by atoms with van der Waals surface area (Å²) in [4.78, 5) is 23.5. The molecular formula is C19H27N7OS. The zero-order chi connectivity index (χ0) is 19.8. The summed E-state index contributed by atoms with van der Waals surface area (Å²) >= 11 is 1.79. The van der Waals surface area contributed by atoms with Crippen molar-refractivity contribution < 1.29 is 4.79 Å². The van der Waals surface area contributed by atoms with Gasteiger partial charge in [-0.25, -0.2) is 14.7 Å². The zero-order valence-electron chi connectivity index (χ0n) is 16.3. The fourth-order valence-electron chi connectivity index (χ4n) is 2.84. The van der Waals surface area contributed by atoms with Crippen molar-refractivity contribution in [3.05, 3.63) is 42.5 Å². The number of guanidine groups is 1. The maximum atomic E-state index is 11.9. The second-order valence-corrected chi connectivity index (χ2v) is 7.95. The predicted octanol–water partition coefficient (Wildman–Crippen LogP) is 1.01. The van der Waals surface area contributed by atoms with Crippen molar-refractivity contribution in [3.63, 3.8) is 0 Å². The topological polar surface area (TPSA) is 87.4 Å². The zero-order valence-corrected chi connectivity index (χ0v) is 17.2. The van der Waals surface area contributed by atoms with Crippen LogP contribution in [0.5, 0.6) is 0 Å². The van der Waals surface area contributed by atoms with Crippen LogP contribution in [0.1, 0.15) is 12.2 Å². The number of fused-ring (bicyclic) bond motifs is 1. The van der Waals surface area contributed by atoms with E-state index in [1.54, 1.807) is 37.1 Å². The van der Waals surface area contributed by atoms with Crippen LogP contribution >= 0.6 is 11.8 Å². The molecule has 2 aromatic rings. The standard InChI is InChI=1S/C19H27N7OS/c1-25(2)18(27)12-21-19(20-10-11-28-16-6-4-3-5-7-16)24-15-8-9-17-22-14-23-26(17)13-15/h3-7,14-15H,8-13H2,1-2H3,(H2,20,21,24). The maximum absolute atomic E-state index is 11.9. The molecule has 1 amide bonds. The Hall–Kier alpha value is -2.55. The van der Waals surface area contributed by atoms with E-state index in [-0.39, 0.29) is 18.5 Å². The highest BCUT2D eigenvalue weighted by atomic mass is 32.2. The smallest absolute Gasteiger partial charge is 0.243 e. The Balaban J connectivity index is 1.54. The summed E-state index contributed by atoms with van der Waals surface area (Å²) in [6, 6.07) is 10.5. The lowest BCUT2D eigenvalue weighted by atomic mass is 10.1. The largest absolute Gasteiger partial charge is 0.356 e. The Labute approximate surface area is 169 Å². The number of aromatic nitrogens is 3. The summed E-state index contributed by atoms with van der Waals surface area (Å²) in [6.45, 7) is 1.62. The summed E-state index contributed by atoms with van der Waals surface area (Å²) < 4.78 is 1.93. The molecule has 2 heterocycles. The number of amides is 1. The average Bonchev–Trinajstić information content (AvgIpc) is 3.17. The Morgan fingerprint density at radius 3 is 2.96 bits per heavy atom. The summed E-state index contributed by atoms with van der Waals surface area (Å²) in [5.41, 5.74) is 0. The SMILES string of the molecule is CN(C)C(=O)CN=C(NCCSc1ccccc1)NC1CCc2ncnn2C1. The summed E-state index contributed by atoms with van der Waals surface area (Å²) in [5, 5.41) is 11.1. The highest BCUT2D eigenvalue weighted by molar-refractivity contribution is 7.99. The lowest BCUT2D eigenvalue weighted by molar-refractivity contribution is -0.127. The van der Waals surface area contributed by atoms with Gasteiger partial charge in [-0.3, -0.25) is 4.79 Å². The molecule has 8 nitrogen and oxygen atoms in total. The van der Waals surface area contributed by atoms with Crippen LogP contribution in [0, 0.1) is 0 Å². The van der Waals surface area contributed by atoms with Crippen molar-refractivity contribution in [1.29, 1.82) is 0 Å². The van der Waals surface area contributed by atoms with Crippen LogP contribution < -0.4 is 10.6 Å². The molecule has 0 bridgehead atoms. The van der Waals surface area contributed by atoms with Gasteiger partial charge in [0.1, 0.15) is 18.7 Å². The third-order valence-corrected chi connectivity index (χ3v) is 5.44. The van der Waals surface area contributed by atoms with Crippen molar-refractivity contribution >= 4 is 23.6 Å². The third kappa shape index (κ3) is 5.98. The number of aliphatic imine (C=N–C) groups is 1. The van der Waals surface area contributed by atoms with Gasteiger partial charge in [0.05, 0.1) is 6.54 Å². The van der Waals surface area contributed by atoms with Gasteiger partial charge in [0, 0.05) is 43.8 Å². The molecule has 150 valence electrons.